The van der Waals surface area contributed by atoms with Crippen molar-refractivity contribution in [1.82, 2.24) is 25.2 Å². The van der Waals surface area contributed by atoms with Gasteiger partial charge in [-0.1, -0.05) is 0 Å². The van der Waals surface area contributed by atoms with E-state index in [4.69, 9.17) is 4.74 Å². The maximum absolute atomic E-state index is 12.6. The van der Waals surface area contributed by atoms with E-state index in [1.54, 1.807) is 11.1 Å². The molecule has 1 fully saturated rings. The topological polar surface area (TPSA) is 100 Å². The molecule has 0 saturated carbocycles. The minimum atomic E-state index is -0.583. The van der Waals surface area contributed by atoms with Crippen LogP contribution >= 0.6 is 0 Å². The molecule has 1 atom stereocenters. The summed E-state index contributed by atoms with van der Waals surface area (Å²) in [6, 6.07) is 3.81. The summed E-state index contributed by atoms with van der Waals surface area (Å²) in [5.74, 6) is 0.843. The van der Waals surface area contributed by atoms with Gasteiger partial charge in [0.1, 0.15) is 11.4 Å². The van der Waals surface area contributed by atoms with E-state index >= 15 is 0 Å². The van der Waals surface area contributed by atoms with E-state index in [1.807, 2.05) is 39.8 Å². The number of carbonyl (C=O) groups is 2. The maximum atomic E-state index is 12.6. The van der Waals surface area contributed by atoms with Crippen molar-refractivity contribution < 1.29 is 14.3 Å². The van der Waals surface area contributed by atoms with Gasteiger partial charge in [-0.3, -0.25) is 4.79 Å². The standard InChI is InChI=1S/C20H29N5O3/c1-19(2,3)28-18(27)25-12-9-20(4,13-25)17(26)22-11-6-8-15-23-14-7-5-10-21-16(14)24-15/h5,7,10H,6,8-9,11-13H2,1-4H3,(H,22,26)(H,21,23,24)/t20-/m1/s1. The first-order valence-electron chi connectivity index (χ1n) is 9.72. The number of imidazole rings is 1. The van der Waals surface area contributed by atoms with Gasteiger partial charge in [0.05, 0.1) is 10.9 Å². The first-order valence-corrected chi connectivity index (χ1v) is 9.72. The van der Waals surface area contributed by atoms with Gasteiger partial charge in [0.25, 0.3) is 0 Å². The lowest BCUT2D eigenvalue weighted by atomic mass is 9.89. The number of rotatable bonds is 5. The summed E-state index contributed by atoms with van der Waals surface area (Å²) in [7, 11) is 0. The van der Waals surface area contributed by atoms with Crippen molar-refractivity contribution >= 4 is 23.2 Å². The molecule has 0 unspecified atom stereocenters. The number of aryl methyl sites for hydroxylation is 1. The molecule has 3 rings (SSSR count). The van der Waals surface area contributed by atoms with Crippen LogP contribution in [0.5, 0.6) is 0 Å². The van der Waals surface area contributed by atoms with E-state index in [2.05, 4.69) is 20.3 Å². The number of hydrogen-bond acceptors (Lipinski definition) is 5. The Kier molecular flexibility index (Phi) is 5.58. The Morgan fingerprint density at radius 2 is 2.18 bits per heavy atom. The summed E-state index contributed by atoms with van der Waals surface area (Å²) in [6.45, 7) is 8.89. The molecule has 1 aliphatic heterocycles. The quantitative estimate of drug-likeness (QED) is 0.768. The lowest BCUT2D eigenvalue weighted by molar-refractivity contribution is -0.129. The summed E-state index contributed by atoms with van der Waals surface area (Å²) in [5.41, 5.74) is 0.509. The Morgan fingerprint density at radius 3 is 2.89 bits per heavy atom. The average molecular weight is 387 g/mol. The lowest BCUT2D eigenvalue weighted by Gasteiger charge is -2.26. The second-order valence-electron chi connectivity index (χ2n) is 8.63. The molecule has 0 radical (unpaired) electrons. The minimum Gasteiger partial charge on any atom is -0.444 e. The summed E-state index contributed by atoms with van der Waals surface area (Å²) >= 11 is 0. The van der Waals surface area contributed by atoms with Gasteiger partial charge < -0.3 is 19.9 Å². The Hall–Kier alpha value is -2.64. The van der Waals surface area contributed by atoms with E-state index < -0.39 is 11.0 Å². The molecule has 0 bridgehead atoms. The Morgan fingerprint density at radius 1 is 1.39 bits per heavy atom. The Labute approximate surface area is 165 Å². The van der Waals surface area contributed by atoms with Crippen LogP contribution in [0.2, 0.25) is 0 Å². The van der Waals surface area contributed by atoms with Gasteiger partial charge in [-0.2, -0.15) is 0 Å². The monoisotopic (exact) mass is 387 g/mol. The molecule has 8 nitrogen and oxygen atoms in total. The summed E-state index contributed by atoms with van der Waals surface area (Å²) < 4.78 is 5.41. The van der Waals surface area contributed by atoms with Crippen LogP contribution < -0.4 is 5.32 Å². The van der Waals surface area contributed by atoms with Gasteiger partial charge in [0, 0.05) is 32.3 Å². The zero-order chi connectivity index (χ0) is 20.4. The summed E-state index contributed by atoms with van der Waals surface area (Å²) in [6.07, 6.45) is 3.50. The number of hydrogen-bond donors (Lipinski definition) is 2. The molecule has 2 N–H and O–H groups in total. The van der Waals surface area contributed by atoms with Gasteiger partial charge in [-0.05, 0) is 52.7 Å². The van der Waals surface area contributed by atoms with Crippen LogP contribution in [-0.4, -0.2) is 57.1 Å². The molecule has 2 amide bonds. The fourth-order valence-corrected chi connectivity index (χ4v) is 3.31. The van der Waals surface area contributed by atoms with Crippen molar-refractivity contribution in [2.45, 2.75) is 52.6 Å². The van der Waals surface area contributed by atoms with E-state index in [1.165, 1.54) is 0 Å². The molecule has 8 heteroatoms. The lowest BCUT2D eigenvalue weighted by Crippen LogP contribution is -2.43. The van der Waals surface area contributed by atoms with Crippen LogP contribution in [-0.2, 0) is 16.0 Å². The van der Waals surface area contributed by atoms with Crippen molar-refractivity contribution in [3.8, 4) is 0 Å². The predicted octanol–water partition coefficient (Wildman–Crippen LogP) is 2.65. The van der Waals surface area contributed by atoms with Crippen molar-refractivity contribution in [3.05, 3.63) is 24.2 Å². The number of aromatic nitrogens is 3. The number of pyridine rings is 1. The molecule has 152 valence electrons. The number of nitrogens with zero attached hydrogens (tertiary/aromatic N) is 3. The molecular formula is C20H29N5O3. The van der Waals surface area contributed by atoms with Crippen LogP contribution in [0.4, 0.5) is 4.79 Å². The summed E-state index contributed by atoms with van der Waals surface area (Å²) in [5, 5.41) is 3.00. The first-order chi connectivity index (χ1) is 13.2. The van der Waals surface area contributed by atoms with Gasteiger partial charge in [-0.15, -0.1) is 0 Å². The summed E-state index contributed by atoms with van der Waals surface area (Å²) in [4.78, 5) is 38.4. The zero-order valence-corrected chi connectivity index (χ0v) is 17.0. The van der Waals surface area contributed by atoms with Crippen LogP contribution in [0, 0.1) is 5.41 Å². The average Bonchev–Trinajstić information content (AvgIpc) is 3.21. The number of nitrogens with one attached hydrogen (secondary N) is 2. The molecular weight excluding hydrogens is 358 g/mol. The van der Waals surface area contributed by atoms with E-state index in [9.17, 15) is 9.59 Å². The maximum Gasteiger partial charge on any atom is 0.410 e. The highest BCUT2D eigenvalue weighted by atomic mass is 16.6. The second kappa shape index (κ2) is 7.77. The Bertz CT molecular complexity index is 824. The van der Waals surface area contributed by atoms with Crippen LogP contribution in [0.1, 0.15) is 46.4 Å². The Balaban J connectivity index is 1.44. The third-order valence-electron chi connectivity index (χ3n) is 4.86. The molecule has 1 aliphatic rings. The fraction of sp³-hybridized carbons (Fsp3) is 0.600. The van der Waals surface area contributed by atoms with Crippen LogP contribution in [0.25, 0.3) is 11.2 Å². The normalized spacial score (nSPS) is 19.8. The number of aromatic amines is 1. The first kappa shape index (κ1) is 20.1. The number of ether oxygens (including phenoxy) is 1. The molecule has 0 aromatic carbocycles. The predicted molar refractivity (Wildman–Crippen MR) is 106 cm³/mol. The van der Waals surface area contributed by atoms with Crippen molar-refractivity contribution in [3.63, 3.8) is 0 Å². The molecule has 2 aromatic heterocycles. The van der Waals surface area contributed by atoms with Crippen molar-refractivity contribution in [2.24, 2.45) is 5.41 Å². The van der Waals surface area contributed by atoms with Gasteiger partial charge in [0.2, 0.25) is 5.91 Å². The molecule has 0 spiro atoms. The van der Waals surface area contributed by atoms with Crippen LogP contribution in [0.3, 0.4) is 0 Å². The molecule has 2 aromatic rings. The number of H-pyrrole nitrogens is 1. The molecule has 0 aliphatic carbocycles. The van der Waals surface area contributed by atoms with Crippen LogP contribution in [0.15, 0.2) is 18.3 Å². The van der Waals surface area contributed by atoms with E-state index in [-0.39, 0.29) is 12.0 Å². The number of carbonyl (C=O) groups excluding carboxylic acids is 2. The van der Waals surface area contributed by atoms with Gasteiger partial charge in [0.15, 0.2) is 5.65 Å². The molecule has 1 saturated heterocycles. The van der Waals surface area contributed by atoms with E-state index in [0.717, 1.165) is 24.2 Å². The second-order valence-corrected chi connectivity index (χ2v) is 8.63. The smallest absolute Gasteiger partial charge is 0.410 e. The highest BCUT2D eigenvalue weighted by Gasteiger charge is 2.42. The minimum absolute atomic E-state index is 0.0233. The number of amides is 2. The fourth-order valence-electron chi connectivity index (χ4n) is 3.31. The molecule has 28 heavy (non-hydrogen) atoms. The van der Waals surface area contributed by atoms with Crippen molar-refractivity contribution in [1.29, 1.82) is 0 Å². The molecule has 3 heterocycles. The highest BCUT2D eigenvalue weighted by Crippen LogP contribution is 2.31. The zero-order valence-electron chi connectivity index (χ0n) is 17.0. The number of likely N-dealkylation sites (tertiary alicyclic amines) is 1. The van der Waals surface area contributed by atoms with Gasteiger partial charge in [-0.25, -0.2) is 14.8 Å². The third kappa shape index (κ3) is 4.79. The van der Waals surface area contributed by atoms with E-state index in [0.29, 0.717) is 31.7 Å². The highest BCUT2D eigenvalue weighted by molar-refractivity contribution is 5.84. The van der Waals surface area contributed by atoms with Crippen molar-refractivity contribution in [2.75, 3.05) is 19.6 Å². The SMILES string of the molecule is CC(C)(C)OC(=O)N1CC[C@@](C)(C(=O)NCCCc2nc3ncccc3[nH]2)C1. The van der Waals surface area contributed by atoms with Gasteiger partial charge >= 0.3 is 6.09 Å². The third-order valence-corrected chi connectivity index (χ3v) is 4.86. The number of fused-ring (bicyclic) bond motifs is 1. The largest absolute Gasteiger partial charge is 0.444 e.